The van der Waals surface area contributed by atoms with E-state index in [2.05, 4.69) is 15.4 Å². The SMILES string of the molecule is CC(C)c1c(C(=O)NC(C)c2cc3ccccc3o2)cnn1-c1ccccn1. The number of rotatable bonds is 5. The second kappa shape index (κ2) is 7.31. The zero-order valence-corrected chi connectivity index (χ0v) is 16.1. The van der Waals surface area contributed by atoms with Gasteiger partial charge in [0, 0.05) is 11.6 Å². The van der Waals surface area contributed by atoms with E-state index < -0.39 is 0 Å². The van der Waals surface area contributed by atoms with Gasteiger partial charge in [-0.05, 0) is 37.1 Å². The van der Waals surface area contributed by atoms with Crippen LogP contribution in [0.1, 0.15) is 54.5 Å². The van der Waals surface area contributed by atoms with Crippen molar-refractivity contribution in [1.29, 1.82) is 0 Å². The van der Waals surface area contributed by atoms with E-state index in [4.69, 9.17) is 4.42 Å². The van der Waals surface area contributed by atoms with E-state index in [1.54, 1.807) is 17.1 Å². The Balaban J connectivity index is 1.62. The van der Waals surface area contributed by atoms with Crippen LogP contribution >= 0.6 is 0 Å². The first-order valence-corrected chi connectivity index (χ1v) is 9.33. The number of benzene rings is 1. The van der Waals surface area contributed by atoms with E-state index in [1.807, 2.05) is 69.3 Å². The summed E-state index contributed by atoms with van der Waals surface area (Å²) in [6.07, 6.45) is 3.31. The highest BCUT2D eigenvalue weighted by Crippen LogP contribution is 2.26. The molecule has 1 N–H and O–H groups in total. The van der Waals surface area contributed by atoms with Gasteiger partial charge in [0.25, 0.3) is 5.91 Å². The lowest BCUT2D eigenvalue weighted by Crippen LogP contribution is -2.27. The van der Waals surface area contributed by atoms with Crippen molar-refractivity contribution in [3.63, 3.8) is 0 Å². The number of para-hydroxylation sites is 1. The van der Waals surface area contributed by atoms with Crippen molar-refractivity contribution in [2.75, 3.05) is 0 Å². The fourth-order valence-electron chi connectivity index (χ4n) is 3.31. The molecule has 4 aromatic rings. The Bertz CT molecular complexity index is 1080. The molecule has 0 aliphatic rings. The quantitative estimate of drug-likeness (QED) is 0.553. The van der Waals surface area contributed by atoms with Crippen molar-refractivity contribution in [3.8, 4) is 5.82 Å². The number of amides is 1. The highest BCUT2D eigenvalue weighted by Gasteiger charge is 2.23. The molecule has 0 fully saturated rings. The molecule has 0 aliphatic heterocycles. The summed E-state index contributed by atoms with van der Waals surface area (Å²) < 4.78 is 7.60. The third-order valence-electron chi connectivity index (χ3n) is 4.68. The van der Waals surface area contributed by atoms with E-state index in [-0.39, 0.29) is 17.9 Å². The fourth-order valence-corrected chi connectivity index (χ4v) is 3.31. The number of pyridine rings is 1. The van der Waals surface area contributed by atoms with Gasteiger partial charge in [-0.15, -0.1) is 0 Å². The monoisotopic (exact) mass is 374 g/mol. The highest BCUT2D eigenvalue weighted by atomic mass is 16.3. The van der Waals surface area contributed by atoms with Gasteiger partial charge >= 0.3 is 0 Å². The molecule has 0 bridgehead atoms. The minimum absolute atomic E-state index is 0.103. The normalized spacial score (nSPS) is 12.4. The number of hydrogen-bond donors (Lipinski definition) is 1. The van der Waals surface area contributed by atoms with Crippen LogP contribution in [-0.4, -0.2) is 20.7 Å². The lowest BCUT2D eigenvalue weighted by Gasteiger charge is -2.14. The van der Waals surface area contributed by atoms with Crippen LogP contribution in [0.3, 0.4) is 0 Å². The number of nitrogens with zero attached hydrogens (tertiary/aromatic N) is 3. The summed E-state index contributed by atoms with van der Waals surface area (Å²) in [5, 5.41) is 8.46. The van der Waals surface area contributed by atoms with Crippen LogP contribution in [0.15, 0.2) is 65.3 Å². The average Bonchev–Trinajstić information content (AvgIpc) is 3.33. The van der Waals surface area contributed by atoms with Crippen LogP contribution < -0.4 is 5.32 Å². The maximum atomic E-state index is 13.0. The fraction of sp³-hybridized carbons (Fsp3) is 0.227. The highest BCUT2D eigenvalue weighted by molar-refractivity contribution is 5.95. The van der Waals surface area contributed by atoms with Gasteiger partial charge in [-0.25, -0.2) is 9.67 Å². The zero-order chi connectivity index (χ0) is 19.7. The summed E-state index contributed by atoms with van der Waals surface area (Å²) in [7, 11) is 0. The molecule has 1 unspecified atom stereocenters. The van der Waals surface area contributed by atoms with Crippen LogP contribution in [0.2, 0.25) is 0 Å². The standard InChI is InChI=1S/C22H22N4O2/c1-14(2)21-17(13-24-26(21)20-10-6-7-11-23-20)22(27)25-15(3)19-12-16-8-4-5-9-18(16)28-19/h4-15H,1-3H3,(H,25,27). The van der Waals surface area contributed by atoms with Gasteiger partial charge in [-0.1, -0.05) is 38.1 Å². The molecule has 6 heteroatoms. The van der Waals surface area contributed by atoms with E-state index in [9.17, 15) is 4.79 Å². The molecule has 4 rings (SSSR count). The van der Waals surface area contributed by atoms with Crippen molar-refractivity contribution < 1.29 is 9.21 Å². The summed E-state index contributed by atoms with van der Waals surface area (Å²) in [5.41, 5.74) is 2.18. The van der Waals surface area contributed by atoms with Gasteiger partial charge in [0.1, 0.15) is 11.3 Å². The third-order valence-corrected chi connectivity index (χ3v) is 4.68. The lowest BCUT2D eigenvalue weighted by atomic mass is 10.0. The predicted octanol–water partition coefficient (Wildman–Crippen LogP) is 4.63. The molecule has 0 aliphatic carbocycles. The van der Waals surface area contributed by atoms with Gasteiger partial charge in [-0.3, -0.25) is 4.79 Å². The molecule has 0 saturated heterocycles. The molecule has 0 saturated carbocycles. The van der Waals surface area contributed by atoms with Crippen molar-refractivity contribution in [2.24, 2.45) is 0 Å². The topological polar surface area (TPSA) is 73.0 Å². The second-order valence-corrected chi connectivity index (χ2v) is 7.08. The molecule has 0 spiro atoms. The summed E-state index contributed by atoms with van der Waals surface area (Å²) in [6.45, 7) is 5.99. The number of hydrogen-bond acceptors (Lipinski definition) is 4. The molecule has 142 valence electrons. The maximum absolute atomic E-state index is 13.0. The largest absolute Gasteiger partial charge is 0.459 e. The number of carbonyl (C=O) groups is 1. The zero-order valence-electron chi connectivity index (χ0n) is 16.1. The molecule has 28 heavy (non-hydrogen) atoms. The molecule has 3 aromatic heterocycles. The van der Waals surface area contributed by atoms with Crippen LogP contribution in [0, 0.1) is 0 Å². The van der Waals surface area contributed by atoms with Crippen molar-refractivity contribution in [3.05, 3.63) is 77.9 Å². The number of aromatic nitrogens is 3. The van der Waals surface area contributed by atoms with Crippen LogP contribution in [0.4, 0.5) is 0 Å². The molecule has 1 atom stereocenters. The van der Waals surface area contributed by atoms with E-state index in [1.165, 1.54) is 0 Å². The molecule has 6 nitrogen and oxygen atoms in total. The van der Waals surface area contributed by atoms with Crippen molar-refractivity contribution in [2.45, 2.75) is 32.7 Å². The van der Waals surface area contributed by atoms with Gasteiger partial charge in [0.2, 0.25) is 0 Å². The first kappa shape index (κ1) is 18.0. The van der Waals surface area contributed by atoms with Gasteiger partial charge in [-0.2, -0.15) is 5.10 Å². The summed E-state index contributed by atoms with van der Waals surface area (Å²) in [6, 6.07) is 15.1. The summed E-state index contributed by atoms with van der Waals surface area (Å²) in [5.74, 6) is 1.33. The molecular formula is C22H22N4O2. The maximum Gasteiger partial charge on any atom is 0.255 e. The number of nitrogens with one attached hydrogen (secondary N) is 1. The molecule has 3 heterocycles. The first-order chi connectivity index (χ1) is 13.5. The van der Waals surface area contributed by atoms with Gasteiger partial charge in [0.15, 0.2) is 5.82 Å². The number of carbonyl (C=O) groups excluding carboxylic acids is 1. The number of fused-ring (bicyclic) bond motifs is 1. The van der Waals surface area contributed by atoms with E-state index >= 15 is 0 Å². The minimum Gasteiger partial charge on any atom is -0.459 e. The third kappa shape index (κ3) is 3.29. The Morgan fingerprint density at radius 2 is 1.89 bits per heavy atom. The van der Waals surface area contributed by atoms with E-state index in [0.29, 0.717) is 11.4 Å². The Morgan fingerprint density at radius 1 is 1.11 bits per heavy atom. The first-order valence-electron chi connectivity index (χ1n) is 9.33. The lowest BCUT2D eigenvalue weighted by molar-refractivity contribution is 0.0934. The van der Waals surface area contributed by atoms with Crippen LogP contribution in [0.5, 0.6) is 0 Å². The minimum atomic E-state index is -0.266. The van der Waals surface area contributed by atoms with Crippen molar-refractivity contribution in [1.82, 2.24) is 20.1 Å². The Hall–Kier alpha value is -3.41. The molecule has 1 amide bonds. The van der Waals surface area contributed by atoms with Crippen molar-refractivity contribution >= 4 is 16.9 Å². The summed E-state index contributed by atoms with van der Waals surface area (Å²) >= 11 is 0. The Labute approximate surface area is 163 Å². The van der Waals surface area contributed by atoms with Gasteiger partial charge < -0.3 is 9.73 Å². The molecular weight excluding hydrogens is 352 g/mol. The summed E-state index contributed by atoms with van der Waals surface area (Å²) in [4.78, 5) is 17.3. The predicted molar refractivity (Wildman–Crippen MR) is 108 cm³/mol. The smallest absolute Gasteiger partial charge is 0.255 e. The van der Waals surface area contributed by atoms with Gasteiger partial charge in [0.05, 0.1) is 23.5 Å². The molecule has 0 radical (unpaired) electrons. The van der Waals surface area contributed by atoms with Crippen LogP contribution in [-0.2, 0) is 0 Å². The van der Waals surface area contributed by atoms with E-state index in [0.717, 1.165) is 22.4 Å². The Morgan fingerprint density at radius 3 is 2.61 bits per heavy atom. The number of furan rings is 1. The second-order valence-electron chi connectivity index (χ2n) is 7.08. The van der Waals surface area contributed by atoms with Crippen LogP contribution in [0.25, 0.3) is 16.8 Å². The molecule has 1 aromatic carbocycles. The Kier molecular flexibility index (Phi) is 4.69. The average molecular weight is 374 g/mol.